The van der Waals surface area contributed by atoms with Gasteiger partial charge in [-0.3, -0.25) is 9.59 Å². The molecule has 0 aliphatic heterocycles. The Bertz CT molecular complexity index is 1060. The van der Waals surface area contributed by atoms with Gasteiger partial charge in [0.15, 0.2) is 0 Å². The number of hydrogen-bond donors (Lipinski definition) is 1. The number of aryl methyl sites for hydroxylation is 1. The minimum Gasteiger partial charge on any atom is -0.354 e. The zero-order valence-corrected chi connectivity index (χ0v) is 22.2. The number of carbonyl (C=O) groups is 2. The lowest BCUT2D eigenvalue weighted by Gasteiger charge is -2.31. The third-order valence-corrected chi connectivity index (χ3v) is 8.00. The molecule has 0 heterocycles. The lowest BCUT2D eigenvalue weighted by molar-refractivity contribution is -0.141. The molecule has 1 atom stereocenters. The molecule has 7 nitrogen and oxygen atoms in total. The maximum atomic E-state index is 13.4. The molecule has 1 N–H and O–H groups in total. The van der Waals surface area contributed by atoms with Gasteiger partial charge >= 0.3 is 0 Å². The molecule has 35 heavy (non-hydrogen) atoms. The molecule has 0 aliphatic rings. The second-order valence-electron chi connectivity index (χ2n) is 8.76. The van der Waals surface area contributed by atoms with E-state index in [-0.39, 0.29) is 29.7 Å². The van der Waals surface area contributed by atoms with E-state index in [2.05, 4.69) is 12.2 Å². The fraction of sp³-hybridized carbons (Fsp3) is 0.481. The van der Waals surface area contributed by atoms with E-state index < -0.39 is 16.1 Å². The molecule has 2 aromatic rings. The van der Waals surface area contributed by atoms with Gasteiger partial charge in [-0.25, -0.2) is 12.7 Å². The molecule has 2 rings (SSSR count). The van der Waals surface area contributed by atoms with Crippen molar-refractivity contribution in [3.8, 4) is 0 Å². The Balaban J connectivity index is 2.12. The Morgan fingerprint density at radius 2 is 1.63 bits per heavy atom. The van der Waals surface area contributed by atoms with Crippen LogP contribution < -0.4 is 5.32 Å². The Labute approximate surface area is 210 Å². The van der Waals surface area contributed by atoms with Crippen molar-refractivity contribution in [2.24, 2.45) is 0 Å². The van der Waals surface area contributed by atoms with Crippen LogP contribution in [0.4, 0.5) is 0 Å². The maximum absolute atomic E-state index is 13.4. The quantitative estimate of drug-likeness (QED) is 0.395. The summed E-state index contributed by atoms with van der Waals surface area (Å²) in [5.74, 6) is -0.303. The highest BCUT2D eigenvalue weighted by atomic mass is 32.2. The normalized spacial score (nSPS) is 12.4. The summed E-state index contributed by atoms with van der Waals surface area (Å²) >= 11 is 0. The fourth-order valence-electron chi connectivity index (χ4n) is 3.89. The predicted molar refractivity (Wildman–Crippen MR) is 139 cm³/mol. The van der Waals surface area contributed by atoms with Gasteiger partial charge in [0.2, 0.25) is 21.8 Å². The second kappa shape index (κ2) is 14.0. The number of hydrogen-bond acceptors (Lipinski definition) is 4. The Morgan fingerprint density at radius 3 is 2.26 bits per heavy atom. The minimum atomic E-state index is -3.61. The SMILES string of the molecule is CCCCNC(=O)[C@@H](CC)N(Cc1ccccc1C)C(=O)CCCN(C)S(=O)(=O)c1ccccc1. The van der Waals surface area contributed by atoms with Gasteiger partial charge in [0.1, 0.15) is 6.04 Å². The first-order valence-electron chi connectivity index (χ1n) is 12.3. The Kier molecular flexibility index (Phi) is 11.4. The van der Waals surface area contributed by atoms with Crippen LogP contribution in [0.5, 0.6) is 0 Å². The number of sulfonamides is 1. The van der Waals surface area contributed by atoms with E-state index in [1.807, 2.05) is 38.1 Å². The van der Waals surface area contributed by atoms with Gasteiger partial charge in [-0.1, -0.05) is 62.7 Å². The molecule has 192 valence electrons. The molecule has 0 saturated heterocycles. The van der Waals surface area contributed by atoms with E-state index in [9.17, 15) is 18.0 Å². The summed E-state index contributed by atoms with van der Waals surface area (Å²) in [7, 11) is -2.09. The molecule has 0 radical (unpaired) electrons. The van der Waals surface area contributed by atoms with E-state index in [4.69, 9.17) is 0 Å². The standard InChI is InChI=1S/C27H39N3O4S/c1-5-7-19-28-27(32)25(6-2)30(21-23-15-12-11-14-22(23)3)26(31)18-13-20-29(4)35(33,34)24-16-9-8-10-17-24/h8-12,14-17,25H,5-7,13,18-21H2,1-4H3,(H,28,32)/t25-/m1/s1. The molecular weight excluding hydrogens is 462 g/mol. The Morgan fingerprint density at radius 1 is 0.971 bits per heavy atom. The first-order valence-corrected chi connectivity index (χ1v) is 13.8. The molecule has 0 spiro atoms. The number of benzene rings is 2. The molecule has 2 aromatic carbocycles. The van der Waals surface area contributed by atoms with Crippen molar-refractivity contribution in [2.45, 2.75) is 70.4 Å². The van der Waals surface area contributed by atoms with Gasteiger partial charge in [-0.15, -0.1) is 0 Å². The summed E-state index contributed by atoms with van der Waals surface area (Å²) in [6, 6.07) is 15.5. The van der Waals surface area contributed by atoms with Gasteiger partial charge < -0.3 is 10.2 Å². The highest BCUT2D eigenvalue weighted by Gasteiger charge is 2.29. The summed E-state index contributed by atoms with van der Waals surface area (Å²) in [6.07, 6.45) is 2.87. The molecule has 2 amide bonds. The lowest BCUT2D eigenvalue weighted by atomic mass is 10.1. The zero-order chi connectivity index (χ0) is 25.8. The Hall–Kier alpha value is -2.71. The van der Waals surface area contributed by atoms with Crippen molar-refractivity contribution < 1.29 is 18.0 Å². The predicted octanol–water partition coefficient (Wildman–Crippen LogP) is 4.12. The van der Waals surface area contributed by atoms with Gasteiger partial charge in [0.05, 0.1) is 4.90 Å². The number of carbonyl (C=O) groups excluding carboxylic acids is 2. The third-order valence-electron chi connectivity index (χ3n) is 6.13. The van der Waals surface area contributed by atoms with Crippen molar-refractivity contribution >= 4 is 21.8 Å². The fourth-order valence-corrected chi connectivity index (χ4v) is 5.12. The van der Waals surface area contributed by atoms with Crippen LogP contribution >= 0.6 is 0 Å². The van der Waals surface area contributed by atoms with Gasteiger partial charge in [0, 0.05) is 33.1 Å². The zero-order valence-electron chi connectivity index (χ0n) is 21.4. The van der Waals surface area contributed by atoms with Crippen molar-refractivity contribution in [1.82, 2.24) is 14.5 Å². The van der Waals surface area contributed by atoms with Crippen LogP contribution in [0.1, 0.15) is 57.1 Å². The number of nitrogens with one attached hydrogen (secondary N) is 1. The average Bonchev–Trinajstić information content (AvgIpc) is 2.85. The van der Waals surface area contributed by atoms with Gasteiger partial charge in [-0.05, 0) is 49.4 Å². The molecular formula is C27H39N3O4S. The molecule has 0 fully saturated rings. The van der Waals surface area contributed by atoms with Crippen LogP contribution in [0.2, 0.25) is 0 Å². The van der Waals surface area contributed by atoms with Crippen LogP contribution in [0.15, 0.2) is 59.5 Å². The van der Waals surface area contributed by atoms with E-state index in [0.29, 0.717) is 25.9 Å². The van der Waals surface area contributed by atoms with Crippen LogP contribution in [0, 0.1) is 6.92 Å². The summed E-state index contributed by atoms with van der Waals surface area (Å²) in [5, 5.41) is 2.96. The summed E-state index contributed by atoms with van der Waals surface area (Å²) in [4.78, 5) is 28.2. The number of nitrogens with zero attached hydrogens (tertiary/aromatic N) is 2. The summed E-state index contributed by atoms with van der Waals surface area (Å²) < 4.78 is 26.8. The smallest absolute Gasteiger partial charge is 0.242 e. The van der Waals surface area contributed by atoms with Gasteiger partial charge in [-0.2, -0.15) is 0 Å². The first-order chi connectivity index (χ1) is 16.7. The molecule has 0 aliphatic carbocycles. The van der Waals surface area contributed by atoms with Crippen molar-refractivity contribution in [3.05, 3.63) is 65.7 Å². The van der Waals surface area contributed by atoms with Gasteiger partial charge in [0.25, 0.3) is 0 Å². The molecule has 0 bridgehead atoms. The third kappa shape index (κ3) is 8.18. The largest absolute Gasteiger partial charge is 0.354 e. The molecule has 8 heteroatoms. The van der Waals surface area contributed by atoms with Crippen molar-refractivity contribution in [1.29, 1.82) is 0 Å². The van der Waals surface area contributed by atoms with E-state index in [1.165, 1.54) is 11.4 Å². The van der Waals surface area contributed by atoms with Crippen molar-refractivity contribution in [2.75, 3.05) is 20.1 Å². The highest BCUT2D eigenvalue weighted by molar-refractivity contribution is 7.89. The molecule has 0 aromatic heterocycles. The van der Waals surface area contributed by atoms with Crippen LogP contribution in [0.25, 0.3) is 0 Å². The molecule has 0 saturated carbocycles. The number of unbranched alkanes of at least 4 members (excludes halogenated alkanes) is 1. The van der Waals surface area contributed by atoms with Crippen LogP contribution in [-0.4, -0.2) is 55.6 Å². The van der Waals surface area contributed by atoms with Crippen molar-refractivity contribution in [3.63, 3.8) is 0 Å². The maximum Gasteiger partial charge on any atom is 0.242 e. The van der Waals surface area contributed by atoms with E-state index in [0.717, 1.165) is 24.0 Å². The van der Waals surface area contributed by atoms with E-state index in [1.54, 1.807) is 35.2 Å². The summed E-state index contributed by atoms with van der Waals surface area (Å²) in [5.41, 5.74) is 2.05. The number of amides is 2. The topological polar surface area (TPSA) is 86.8 Å². The lowest BCUT2D eigenvalue weighted by Crippen LogP contribution is -2.49. The first kappa shape index (κ1) is 28.5. The highest BCUT2D eigenvalue weighted by Crippen LogP contribution is 2.18. The number of rotatable bonds is 14. The molecule has 0 unspecified atom stereocenters. The minimum absolute atomic E-state index is 0.147. The second-order valence-corrected chi connectivity index (χ2v) is 10.8. The van der Waals surface area contributed by atoms with Crippen LogP contribution in [-0.2, 0) is 26.2 Å². The average molecular weight is 502 g/mol. The van der Waals surface area contributed by atoms with E-state index >= 15 is 0 Å². The summed E-state index contributed by atoms with van der Waals surface area (Å²) in [6.45, 7) is 7.09. The monoisotopic (exact) mass is 501 g/mol. The van der Waals surface area contributed by atoms with Crippen LogP contribution in [0.3, 0.4) is 0 Å².